The zero-order chi connectivity index (χ0) is 9.35. The van der Waals surface area contributed by atoms with Crippen molar-refractivity contribution >= 4 is 23.2 Å². The lowest BCUT2D eigenvalue weighted by Crippen LogP contribution is -2.37. The Bertz CT molecular complexity index is 284. The van der Waals surface area contributed by atoms with E-state index in [4.69, 9.17) is 28.3 Å². The molecule has 1 rings (SSSR count). The van der Waals surface area contributed by atoms with Gasteiger partial charge in [0.1, 0.15) is 5.03 Å². The second kappa shape index (κ2) is 2.93. The van der Waals surface area contributed by atoms with E-state index < -0.39 is 10.1 Å². The maximum Gasteiger partial charge on any atom is 0.303 e. The Hall–Kier alpha value is -0.780. The first kappa shape index (κ1) is 9.31. The van der Waals surface area contributed by atoms with Gasteiger partial charge in [0.2, 0.25) is 5.18 Å². The van der Waals surface area contributed by atoms with Crippen molar-refractivity contribution in [2.24, 2.45) is 0 Å². The van der Waals surface area contributed by atoms with Gasteiger partial charge in [0, 0.05) is 6.08 Å². The highest BCUT2D eigenvalue weighted by Gasteiger charge is 2.29. The first-order valence-electron chi connectivity index (χ1n) is 2.85. The maximum absolute atomic E-state index is 10.2. The molecule has 0 radical (unpaired) electrons. The predicted molar refractivity (Wildman–Crippen MR) is 43.0 cm³/mol. The Balaban J connectivity index is 2.94. The number of halogens is 2. The summed E-state index contributed by atoms with van der Waals surface area (Å²) in [5.74, 6) is 0. The lowest BCUT2D eigenvalue weighted by Gasteiger charge is -2.19. The third-order valence-corrected chi connectivity index (χ3v) is 1.69. The molecule has 66 valence electrons. The normalized spacial score (nSPS) is 28.6. The smallest absolute Gasteiger partial charge is 0.303 e. The van der Waals surface area contributed by atoms with Crippen molar-refractivity contribution in [2.75, 3.05) is 0 Å². The molecular formula is C5H4Cl2N2O3. The Morgan fingerprint density at radius 3 is 2.75 bits per heavy atom. The van der Waals surface area contributed by atoms with Crippen LogP contribution in [0.1, 0.15) is 0 Å². The van der Waals surface area contributed by atoms with E-state index >= 15 is 0 Å². The molecule has 0 saturated carbocycles. The molecule has 0 aromatic carbocycles. The number of aliphatic hydroxyl groups is 1. The van der Waals surface area contributed by atoms with Crippen LogP contribution in [0.3, 0.4) is 0 Å². The van der Waals surface area contributed by atoms with Gasteiger partial charge in [-0.15, -0.1) is 0 Å². The van der Waals surface area contributed by atoms with Gasteiger partial charge in [0.05, 0.1) is 11.1 Å². The van der Waals surface area contributed by atoms with E-state index in [0.29, 0.717) is 0 Å². The minimum Gasteiger partial charge on any atom is -0.355 e. The van der Waals surface area contributed by atoms with Crippen molar-refractivity contribution in [1.29, 1.82) is 0 Å². The Kier molecular flexibility index (Phi) is 2.27. The summed E-state index contributed by atoms with van der Waals surface area (Å²) in [6.07, 6.45) is 1.88. The van der Waals surface area contributed by atoms with Crippen LogP contribution >= 0.6 is 23.2 Å². The second-order valence-electron chi connectivity index (χ2n) is 2.10. The molecule has 12 heavy (non-hydrogen) atoms. The first-order valence-corrected chi connectivity index (χ1v) is 3.60. The van der Waals surface area contributed by atoms with Gasteiger partial charge >= 0.3 is 5.70 Å². The van der Waals surface area contributed by atoms with E-state index in [0.717, 1.165) is 12.3 Å². The van der Waals surface area contributed by atoms with Crippen molar-refractivity contribution in [3.8, 4) is 0 Å². The van der Waals surface area contributed by atoms with Gasteiger partial charge in [-0.2, -0.15) is 0 Å². The highest BCUT2D eigenvalue weighted by atomic mass is 35.5. The number of dihydropyridines is 1. The van der Waals surface area contributed by atoms with Crippen LogP contribution in [-0.4, -0.2) is 15.2 Å². The monoisotopic (exact) mass is 210 g/mol. The van der Waals surface area contributed by atoms with E-state index in [-0.39, 0.29) is 10.7 Å². The highest BCUT2D eigenvalue weighted by molar-refractivity contribution is 6.33. The average molecular weight is 211 g/mol. The predicted octanol–water partition coefficient (Wildman–Crippen LogP) is 0.715. The number of rotatable bonds is 1. The van der Waals surface area contributed by atoms with Crippen LogP contribution in [0.2, 0.25) is 0 Å². The molecule has 0 aromatic heterocycles. The summed E-state index contributed by atoms with van der Waals surface area (Å²) in [5, 5.41) is 19.4. The van der Waals surface area contributed by atoms with Gasteiger partial charge in [0.15, 0.2) is 0 Å². The zero-order valence-electron chi connectivity index (χ0n) is 5.62. The summed E-state index contributed by atoms with van der Waals surface area (Å²) in [4.78, 5) is 9.54. The van der Waals surface area contributed by atoms with Crippen LogP contribution in [0.25, 0.3) is 0 Å². The van der Waals surface area contributed by atoms with E-state index in [2.05, 4.69) is 5.32 Å². The largest absolute Gasteiger partial charge is 0.355 e. The lowest BCUT2D eigenvalue weighted by molar-refractivity contribution is -0.420. The lowest BCUT2D eigenvalue weighted by atomic mass is 10.3. The van der Waals surface area contributed by atoms with Gasteiger partial charge in [-0.25, -0.2) is 0 Å². The molecule has 0 fully saturated rings. The SMILES string of the molecule is O=[N+]([O-])C1=CNC(O)(Cl)C=C1Cl. The molecule has 2 N–H and O–H groups in total. The maximum atomic E-state index is 10.2. The molecular weight excluding hydrogens is 207 g/mol. The first-order chi connectivity index (χ1) is 5.42. The molecule has 1 atom stereocenters. The van der Waals surface area contributed by atoms with Gasteiger partial charge in [-0.1, -0.05) is 23.2 Å². The van der Waals surface area contributed by atoms with E-state index in [9.17, 15) is 10.1 Å². The number of nitro groups is 1. The van der Waals surface area contributed by atoms with Gasteiger partial charge in [-0.05, 0) is 0 Å². The quantitative estimate of drug-likeness (QED) is 0.290. The summed E-state index contributed by atoms with van der Waals surface area (Å²) in [6.45, 7) is 0. The second-order valence-corrected chi connectivity index (χ2v) is 3.08. The summed E-state index contributed by atoms with van der Waals surface area (Å²) < 4.78 is 0. The fraction of sp³-hybridized carbons (Fsp3) is 0.200. The number of nitrogens with one attached hydrogen (secondary N) is 1. The Morgan fingerprint density at radius 2 is 2.33 bits per heavy atom. The molecule has 1 unspecified atom stereocenters. The highest BCUT2D eigenvalue weighted by Crippen LogP contribution is 2.24. The average Bonchev–Trinajstić information content (AvgIpc) is 1.83. The molecule has 0 saturated heterocycles. The van der Waals surface area contributed by atoms with Gasteiger partial charge in [0.25, 0.3) is 0 Å². The van der Waals surface area contributed by atoms with E-state index in [1.807, 2.05) is 0 Å². The third kappa shape index (κ3) is 1.88. The molecule has 5 nitrogen and oxygen atoms in total. The fourth-order valence-corrected chi connectivity index (χ4v) is 1.16. The van der Waals surface area contributed by atoms with E-state index in [1.54, 1.807) is 0 Å². The number of hydrogen-bond donors (Lipinski definition) is 2. The summed E-state index contributed by atoms with van der Waals surface area (Å²) in [5.41, 5.74) is -0.331. The molecule has 1 aliphatic heterocycles. The van der Waals surface area contributed by atoms with Gasteiger partial charge < -0.3 is 10.4 Å². The Labute approximate surface area is 77.4 Å². The fourth-order valence-electron chi connectivity index (χ4n) is 0.662. The molecule has 0 aliphatic carbocycles. The molecule has 0 spiro atoms. The summed E-state index contributed by atoms with van der Waals surface area (Å²) in [7, 11) is 0. The molecule has 1 heterocycles. The summed E-state index contributed by atoms with van der Waals surface area (Å²) in [6, 6.07) is 0. The van der Waals surface area contributed by atoms with Crippen LogP contribution in [0.15, 0.2) is 23.0 Å². The van der Waals surface area contributed by atoms with Crippen LogP contribution < -0.4 is 5.32 Å². The van der Waals surface area contributed by atoms with Crippen LogP contribution in [0.4, 0.5) is 0 Å². The number of allylic oxidation sites excluding steroid dienone is 1. The standard InChI is InChI=1S/C5H4Cl2N2O3/c6-3-1-5(7,10)8-2-4(3)9(11)12/h1-2,8,10H. The minimum absolute atomic E-state index is 0.198. The van der Waals surface area contributed by atoms with Crippen molar-refractivity contribution in [3.05, 3.63) is 33.1 Å². The minimum atomic E-state index is -1.84. The molecule has 7 heteroatoms. The van der Waals surface area contributed by atoms with Crippen molar-refractivity contribution in [3.63, 3.8) is 0 Å². The molecule has 0 aromatic rings. The molecule has 1 aliphatic rings. The topological polar surface area (TPSA) is 75.4 Å². The molecule has 0 amide bonds. The van der Waals surface area contributed by atoms with Crippen molar-refractivity contribution in [1.82, 2.24) is 5.32 Å². The van der Waals surface area contributed by atoms with Gasteiger partial charge in [-0.3, -0.25) is 10.1 Å². The third-order valence-electron chi connectivity index (χ3n) is 1.17. The molecule has 0 bridgehead atoms. The van der Waals surface area contributed by atoms with Crippen LogP contribution in [-0.2, 0) is 0 Å². The zero-order valence-corrected chi connectivity index (χ0v) is 7.13. The number of hydrogen-bond acceptors (Lipinski definition) is 4. The number of alkyl halides is 1. The van der Waals surface area contributed by atoms with Crippen LogP contribution in [0, 0.1) is 10.1 Å². The number of nitrogens with zero attached hydrogens (tertiary/aromatic N) is 1. The van der Waals surface area contributed by atoms with E-state index in [1.165, 1.54) is 0 Å². The van der Waals surface area contributed by atoms with Crippen LogP contribution in [0.5, 0.6) is 0 Å². The Morgan fingerprint density at radius 1 is 1.75 bits per heavy atom. The van der Waals surface area contributed by atoms with Crippen molar-refractivity contribution in [2.45, 2.75) is 5.18 Å². The van der Waals surface area contributed by atoms with Crippen molar-refractivity contribution < 1.29 is 10.0 Å². The summed E-state index contributed by atoms with van der Waals surface area (Å²) >= 11 is 10.8.